The number of nitrogen functional groups attached to an aromatic ring is 1. The molecule has 1 aromatic heterocycles. The van der Waals surface area contributed by atoms with Crippen LogP contribution in [0.25, 0.3) is 0 Å². The Morgan fingerprint density at radius 1 is 1.59 bits per heavy atom. The summed E-state index contributed by atoms with van der Waals surface area (Å²) in [6.45, 7) is 6.12. The molecular formula is C12H18N4O. The average Bonchev–Trinajstić information content (AvgIpc) is 2.70. The van der Waals surface area contributed by atoms with Crippen molar-refractivity contribution in [1.82, 2.24) is 14.7 Å². The van der Waals surface area contributed by atoms with E-state index < -0.39 is 0 Å². The molecule has 1 amide bonds. The minimum absolute atomic E-state index is 0.0226. The third-order valence-electron chi connectivity index (χ3n) is 3.09. The smallest absolute Gasteiger partial charge is 0.274 e. The van der Waals surface area contributed by atoms with Crippen LogP contribution in [0.1, 0.15) is 30.8 Å². The Balaban J connectivity index is 2.22. The van der Waals surface area contributed by atoms with E-state index in [4.69, 9.17) is 5.73 Å². The van der Waals surface area contributed by atoms with Gasteiger partial charge in [0, 0.05) is 19.6 Å². The molecule has 2 N–H and O–H groups in total. The van der Waals surface area contributed by atoms with Crippen LogP contribution < -0.4 is 5.73 Å². The third kappa shape index (κ3) is 2.18. The Hall–Kier alpha value is -1.78. The molecule has 0 bridgehead atoms. The van der Waals surface area contributed by atoms with Crippen LogP contribution in [-0.2, 0) is 6.54 Å². The lowest BCUT2D eigenvalue weighted by Crippen LogP contribution is -2.36. The molecule has 0 aliphatic carbocycles. The van der Waals surface area contributed by atoms with Crippen molar-refractivity contribution in [2.24, 2.45) is 0 Å². The van der Waals surface area contributed by atoms with Crippen molar-refractivity contribution in [3.8, 4) is 0 Å². The molecule has 1 aromatic rings. The lowest BCUT2D eigenvalue weighted by Gasteiger charge is -2.25. The number of nitrogens with two attached hydrogens (primary N) is 1. The minimum Gasteiger partial charge on any atom is -0.396 e. The number of aryl methyl sites for hydroxylation is 1. The highest BCUT2D eigenvalue weighted by Gasteiger charge is 2.23. The van der Waals surface area contributed by atoms with Crippen molar-refractivity contribution in [1.29, 1.82) is 0 Å². The number of anilines is 1. The monoisotopic (exact) mass is 234 g/mol. The summed E-state index contributed by atoms with van der Waals surface area (Å²) in [7, 11) is 0. The van der Waals surface area contributed by atoms with Crippen LogP contribution >= 0.6 is 0 Å². The molecule has 17 heavy (non-hydrogen) atoms. The Labute approximate surface area is 101 Å². The third-order valence-corrected chi connectivity index (χ3v) is 3.09. The molecule has 0 atom stereocenters. The Kier molecular flexibility index (Phi) is 3.17. The van der Waals surface area contributed by atoms with Gasteiger partial charge in [-0.2, -0.15) is 5.10 Å². The van der Waals surface area contributed by atoms with Gasteiger partial charge in [0.05, 0.1) is 11.9 Å². The van der Waals surface area contributed by atoms with Gasteiger partial charge in [-0.25, -0.2) is 0 Å². The predicted octanol–water partition coefficient (Wildman–Crippen LogP) is 1.28. The number of aromatic nitrogens is 2. The second-order valence-electron chi connectivity index (χ2n) is 4.32. The summed E-state index contributed by atoms with van der Waals surface area (Å²) in [5.74, 6) is -0.0226. The highest BCUT2D eigenvalue weighted by molar-refractivity contribution is 5.97. The first-order valence-corrected chi connectivity index (χ1v) is 5.89. The fourth-order valence-corrected chi connectivity index (χ4v) is 1.98. The average molecular weight is 234 g/mol. The van der Waals surface area contributed by atoms with Gasteiger partial charge < -0.3 is 10.6 Å². The number of rotatable bonds is 2. The number of amides is 1. The van der Waals surface area contributed by atoms with Crippen LogP contribution in [0.15, 0.2) is 17.8 Å². The van der Waals surface area contributed by atoms with Gasteiger partial charge in [0.1, 0.15) is 5.69 Å². The number of carbonyl (C=O) groups excluding carboxylic acids is 1. The van der Waals surface area contributed by atoms with E-state index in [1.807, 2.05) is 11.8 Å². The zero-order valence-corrected chi connectivity index (χ0v) is 10.3. The topological polar surface area (TPSA) is 64.2 Å². The highest BCUT2D eigenvalue weighted by Crippen LogP contribution is 2.17. The van der Waals surface area contributed by atoms with E-state index in [0.29, 0.717) is 24.5 Å². The molecular weight excluding hydrogens is 216 g/mol. The predicted molar refractivity (Wildman–Crippen MR) is 66.6 cm³/mol. The molecule has 0 fully saturated rings. The van der Waals surface area contributed by atoms with Crippen molar-refractivity contribution in [3.05, 3.63) is 23.5 Å². The van der Waals surface area contributed by atoms with Crippen LogP contribution in [-0.4, -0.2) is 33.7 Å². The molecule has 0 saturated heterocycles. The molecule has 2 heterocycles. The van der Waals surface area contributed by atoms with Crippen LogP contribution in [0.3, 0.4) is 0 Å². The van der Waals surface area contributed by atoms with Gasteiger partial charge in [-0.15, -0.1) is 0 Å². The maximum atomic E-state index is 12.3. The van der Waals surface area contributed by atoms with E-state index >= 15 is 0 Å². The first-order valence-electron chi connectivity index (χ1n) is 5.89. The van der Waals surface area contributed by atoms with E-state index in [9.17, 15) is 4.79 Å². The SMILES string of the molecule is CCn1ncc(N)c1C(=O)N1CC=C(C)CC1. The molecule has 2 rings (SSSR count). The van der Waals surface area contributed by atoms with E-state index in [2.05, 4.69) is 18.1 Å². The van der Waals surface area contributed by atoms with Gasteiger partial charge in [0.2, 0.25) is 0 Å². The summed E-state index contributed by atoms with van der Waals surface area (Å²) in [4.78, 5) is 14.1. The maximum absolute atomic E-state index is 12.3. The summed E-state index contributed by atoms with van der Waals surface area (Å²) < 4.78 is 1.66. The van der Waals surface area contributed by atoms with Crippen molar-refractivity contribution in [2.75, 3.05) is 18.8 Å². The molecule has 5 nitrogen and oxygen atoms in total. The Morgan fingerprint density at radius 2 is 2.35 bits per heavy atom. The van der Waals surface area contributed by atoms with Gasteiger partial charge in [-0.1, -0.05) is 11.6 Å². The number of hydrogen-bond acceptors (Lipinski definition) is 3. The van der Waals surface area contributed by atoms with E-state index in [1.165, 1.54) is 5.57 Å². The number of carbonyl (C=O) groups is 1. The lowest BCUT2D eigenvalue weighted by atomic mass is 10.1. The number of nitrogens with zero attached hydrogens (tertiary/aromatic N) is 3. The molecule has 5 heteroatoms. The fourth-order valence-electron chi connectivity index (χ4n) is 1.98. The maximum Gasteiger partial charge on any atom is 0.274 e. The van der Waals surface area contributed by atoms with E-state index in [-0.39, 0.29) is 5.91 Å². The van der Waals surface area contributed by atoms with Gasteiger partial charge in [-0.3, -0.25) is 9.48 Å². The summed E-state index contributed by atoms with van der Waals surface area (Å²) >= 11 is 0. The summed E-state index contributed by atoms with van der Waals surface area (Å²) in [6, 6.07) is 0. The van der Waals surface area contributed by atoms with Gasteiger partial charge in [-0.05, 0) is 20.3 Å². The fraction of sp³-hybridized carbons (Fsp3) is 0.500. The van der Waals surface area contributed by atoms with Crippen LogP contribution in [0.2, 0.25) is 0 Å². The van der Waals surface area contributed by atoms with Crippen LogP contribution in [0.5, 0.6) is 0 Å². The minimum atomic E-state index is -0.0226. The normalized spacial score (nSPS) is 15.9. The highest BCUT2D eigenvalue weighted by atomic mass is 16.2. The summed E-state index contributed by atoms with van der Waals surface area (Å²) in [5, 5.41) is 4.09. The van der Waals surface area contributed by atoms with Crippen molar-refractivity contribution < 1.29 is 4.79 Å². The van der Waals surface area contributed by atoms with Gasteiger partial charge in [0.25, 0.3) is 5.91 Å². The van der Waals surface area contributed by atoms with Gasteiger partial charge >= 0.3 is 0 Å². The van der Waals surface area contributed by atoms with Gasteiger partial charge in [0.15, 0.2) is 0 Å². The molecule has 92 valence electrons. The first kappa shape index (κ1) is 11.7. The second-order valence-corrected chi connectivity index (χ2v) is 4.32. The van der Waals surface area contributed by atoms with Crippen molar-refractivity contribution in [3.63, 3.8) is 0 Å². The Bertz CT molecular complexity index is 461. The lowest BCUT2D eigenvalue weighted by molar-refractivity contribution is 0.0757. The number of hydrogen-bond donors (Lipinski definition) is 1. The zero-order chi connectivity index (χ0) is 12.4. The molecule has 1 aliphatic heterocycles. The molecule has 0 saturated carbocycles. The summed E-state index contributed by atoms with van der Waals surface area (Å²) in [6.07, 6.45) is 4.57. The van der Waals surface area contributed by atoms with E-state index in [1.54, 1.807) is 10.9 Å². The van der Waals surface area contributed by atoms with Crippen LogP contribution in [0.4, 0.5) is 5.69 Å². The second kappa shape index (κ2) is 4.61. The van der Waals surface area contributed by atoms with Crippen molar-refractivity contribution in [2.45, 2.75) is 26.8 Å². The standard InChI is InChI=1S/C12H18N4O/c1-3-16-11(10(13)8-14-16)12(17)15-6-4-9(2)5-7-15/h4,8H,3,5-7,13H2,1-2H3. The molecule has 0 spiro atoms. The summed E-state index contributed by atoms with van der Waals surface area (Å²) in [5.41, 5.74) is 8.12. The van der Waals surface area contributed by atoms with Crippen molar-refractivity contribution >= 4 is 11.6 Å². The molecule has 0 radical (unpaired) electrons. The first-order chi connectivity index (χ1) is 8.13. The molecule has 0 aromatic carbocycles. The largest absolute Gasteiger partial charge is 0.396 e. The Morgan fingerprint density at radius 3 is 2.94 bits per heavy atom. The molecule has 1 aliphatic rings. The zero-order valence-electron chi connectivity index (χ0n) is 10.3. The van der Waals surface area contributed by atoms with Crippen LogP contribution in [0, 0.1) is 0 Å². The van der Waals surface area contributed by atoms with E-state index in [0.717, 1.165) is 13.0 Å². The molecule has 0 unspecified atom stereocenters. The quantitative estimate of drug-likeness (QED) is 0.784.